The van der Waals surface area contributed by atoms with Gasteiger partial charge in [0.1, 0.15) is 17.2 Å². The summed E-state index contributed by atoms with van der Waals surface area (Å²) in [4.78, 5) is 20.5. The Morgan fingerprint density at radius 3 is 2.87 bits per heavy atom. The van der Waals surface area contributed by atoms with E-state index in [4.69, 9.17) is 21.1 Å². The molecule has 1 fully saturated rings. The topological polar surface area (TPSA) is 101 Å². The van der Waals surface area contributed by atoms with Crippen LogP contribution in [0.1, 0.15) is 5.56 Å². The summed E-state index contributed by atoms with van der Waals surface area (Å²) in [6.45, 7) is 9.57. The van der Waals surface area contributed by atoms with Crippen molar-refractivity contribution in [2.75, 3.05) is 36.6 Å². The summed E-state index contributed by atoms with van der Waals surface area (Å²) in [5, 5.41) is 6.99. The zero-order valence-corrected chi connectivity index (χ0v) is 16.6. The van der Waals surface area contributed by atoms with Crippen molar-refractivity contribution in [3.05, 3.63) is 64.6 Å². The number of benzene rings is 1. The number of ether oxygens (including phenoxy) is 2. The summed E-state index contributed by atoms with van der Waals surface area (Å²) in [6.07, 6.45) is 2.35. The van der Waals surface area contributed by atoms with Gasteiger partial charge in [0.15, 0.2) is 11.6 Å². The van der Waals surface area contributed by atoms with E-state index in [0.717, 1.165) is 6.20 Å². The van der Waals surface area contributed by atoms with E-state index in [0.29, 0.717) is 31.9 Å². The van der Waals surface area contributed by atoms with Crippen LogP contribution in [0.2, 0.25) is 5.02 Å². The average molecular weight is 433 g/mol. The third-order valence-electron chi connectivity index (χ3n) is 4.03. The number of anilines is 2. The van der Waals surface area contributed by atoms with Gasteiger partial charge in [-0.25, -0.2) is 14.8 Å². The van der Waals surface area contributed by atoms with Crippen LogP contribution in [0.15, 0.2) is 53.6 Å². The second-order valence-corrected chi connectivity index (χ2v) is 6.49. The van der Waals surface area contributed by atoms with Crippen LogP contribution in [0.5, 0.6) is 0 Å². The van der Waals surface area contributed by atoms with Crippen LogP contribution in [-0.2, 0) is 9.47 Å². The van der Waals surface area contributed by atoms with Gasteiger partial charge in [-0.1, -0.05) is 24.8 Å². The summed E-state index contributed by atoms with van der Waals surface area (Å²) in [6, 6.07) is 4.58. The van der Waals surface area contributed by atoms with Crippen molar-refractivity contribution >= 4 is 41.0 Å². The van der Waals surface area contributed by atoms with Gasteiger partial charge in [-0.2, -0.15) is 10.1 Å². The van der Waals surface area contributed by atoms with Gasteiger partial charge in [-0.3, -0.25) is 0 Å². The van der Waals surface area contributed by atoms with Gasteiger partial charge in [0, 0.05) is 18.7 Å². The SMILES string of the molecule is C=C(/C=N\Nc1ncc(F)c(N2CCOCC2)n1)OC(=C)c1ccc(Cl)c(N=O)c1. The lowest BCUT2D eigenvalue weighted by atomic mass is 10.2. The number of nitrogens with zero attached hydrogens (tertiary/aromatic N) is 5. The maximum atomic E-state index is 14.0. The van der Waals surface area contributed by atoms with Crippen molar-refractivity contribution in [2.24, 2.45) is 10.3 Å². The first-order valence-corrected chi connectivity index (χ1v) is 9.19. The lowest BCUT2D eigenvalue weighted by Crippen LogP contribution is -2.37. The highest BCUT2D eigenvalue weighted by Crippen LogP contribution is 2.29. The highest BCUT2D eigenvalue weighted by Gasteiger charge is 2.17. The second-order valence-electron chi connectivity index (χ2n) is 6.08. The quantitative estimate of drug-likeness (QED) is 0.290. The first kappa shape index (κ1) is 21.3. The predicted molar refractivity (Wildman–Crippen MR) is 113 cm³/mol. The molecule has 0 radical (unpaired) electrons. The Hall–Kier alpha value is -3.37. The van der Waals surface area contributed by atoms with E-state index >= 15 is 0 Å². The third kappa shape index (κ3) is 5.37. The first-order valence-electron chi connectivity index (χ1n) is 8.81. The molecule has 11 heteroatoms. The van der Waals surface area contributed by atoms with Gasteiger partial charge in [0.2, 0.25) is 5.95 Å². The maximum absolute atomic E-state index is 14.0. The van der Waals surface area contributed by atoms with Gasteiger partial charge in [-0.15, -0.1) is 4.91 Å². The second kappa shape index (κ2) is 9.90. The molecule has 1 saturated heterocycles. The van der Waals surface area contributed by atoms with Gasteiger partial charge in [0.25, 0.3) is 0 Å². The third-order valence-corrected chi connectivity index (χ3v) is 4.35. The fraction of sp³-hybridized carbons (Fsp3) is 0.211. The van der Waals surface area contributed by atoms with Crippen LogP contribution in [-0.4, -0.2) is 42.5 Å². The maximum Gasteiger partial charge on any atom is 0.245 e. The van der Waals surface area contributed by atoms with E-state index in [2.05, 4.69) is 38.8 Å². The molecule has 3 rings (SSSR count). The average Bonchev–Trinajstić information content (AvgIpc) is 2.75. The number of rotatable bonds is 8. The molecule has 2 heterocycles. The normalized spacial score (nSPS) is 13.9. The van der Waals surface area contributed by atoms with E-state index in [1.54, 1.807) is 11.0 Å². The number of hydrogen-bond acceptors (Lipinski definition) is 9. The minimum Gasteiger partial charge on any atom is -0.456 e. The molecule has 2 aromatic rings. The molecule has 0 unspecified atom stereocenters. The number of hydrogen-bond donors (Lipinski definition) is 1. The van der Waals surface area contributed by atoms with Gasteiger partial charge >= 0.3 is 0 Å². The minimum atomic E-state index is -0.525. The highest BCUT2D eigenvalue weighted by atomic mass is 35.5. The fourth-order valence-electron chi connectivity index (χ4n) is 2.57. The number of allylic oxidation sites excluding steroid dienone is 1. The number of nitroso groups, excluding NO2 is 1. The zero-order valence-electron chi connectivity index (χ0n) is 15.8. The number of nitrogens with one attached hydrogen (secondary N) is 1. The Balaban J connectivity index is 1.59. The Labute approximate surface area is 176 Å². The van der Waals surface area contributed by atoms with Crippen molar-refractivity contribution < 1.29 is 13.9 Å². The lowest BCUT2D eigenvalue weighted by Gasteiger charge is -2.27. The van der Waals surface area contributed by atoms with Crippen molar-refractivity contribution in [1.82, 2.24) is 9.97 Å². The fourth-order valence-corrected chi connectivity index (χ4v) is 2.72. The Kier molecular flexibility index (Phi) is 7.04. The van der Waals surface area contributed by atoms with E-state index in [1.165, 1.54) is 18.3 Å². The molecule has 0 bridgehead atoms. The molecule has 1 N–H and O–H groups in total. The molecule has 9 nitrogen and oxygen atoms in total. The summed E-state index contributed by atoms with van der Waals surface area (Å²) < 4.78 is 24.8. The number of hydrazone groups is 1. The Morgan fingerprint density at radius 1 is 1.37 bits per heavy atom. The van der Waals surface area contributed by atoms with E-state index in [1.807, 2.05) is 0 Å². The van der Waals surface area contributed by atoms with Gasteiger partial charge < -0.3 is 14.4 Å². The zero-order chi connectivity index (χ0) is 21.5. The number of morpholine rings is 1. The van der Waals surface area contributed by atoms with Crippen LogP contribution in [0, 0.1) is 10.7 Å². The van der Waals surface area contributed by atoms with Gasteiger partial charge in [0.05, 0.1) is 30.6 Å². The van der Waals surface area contributed by atoms with Crippen molar-refractivity contribution in [3.8, 4) is 0 Å². The molecular weight excluding hydrogens is 415 g/mol. The first-order chi connectivity index (χ1) is 14.5. The van der Waals surface area contributed by atoms with E-state index < -0.39 is 5.82 Å². The van der Waals surface area contributed by atoms with Crippen LogP contribution in [0.4, 0.5) is 21.8 Å². The summed E-state index contributed by atoms with van der Waals surface area (Å²) in [5.74, 6) is 0.138. The molecule has 1 aromatic carbocycles. The molecule has 1 aliphatic heterocycles. The standard InChI is InChI=1S/C19H18ClFN6O3/c1-12(30-13(2)14-3-4-15(20)17(9-14)26-28)10-23-25-19-22-11-16(21)18(24-19)27-5-7-29-8-6-27/h3-4,9-11H,1-2,5-8H2,(H,22,24,25)/b23-10-. The van der Waals surface area contributed by atoms with Crippen LogP contribution < -0.4 is 10.3 Å². The largest absolute Gasteiger partial charge is 0.456 e. The molecule has 1 aliphatic rings. The molecule has 30 heavy (non-hydrogen) atoms. The summed E-state index contributed by atoms with van der Waals surface area (Å²) >= 11 is 5.85. The molecule has 0 spiro atoms. The van der Waals surface area contributed by atoms with E-state index in [-0.39, 0.29) is 34.0 Å². The summed E-state index contributed by atoms with van der Waals surface area (Å²) in [5.41, 5.74) is 3.18. The Bertz CT molecular complexity index is 994. The van der Waals surface area contributed by atoms with Crippen molar-refractivity contribution in [2.45, 2.75) is 0 Å². The molecule has 0 aliphatic carbocycles. The van der Waals surface area contributed by atoms with Crippen molar-refractivity contribution in [1.29, 1.82) is 0 Å². The molecule has 0 saturated carbocycles. The lowest BCUT2D eigenvalue weighted by molar-refractivity contribution is 0.122. The highest BCUT2D eigenvalue weighted by molar-refractivity contribution is 6.33. The van der Waals surface area contributed by atoms with Gasteiger partial charge in [-0.05, 0) is 23.4 Å². The van der Waals surface area contributed by atoms with Crippen LogP contribution >= 0.6 is 11.6 Å². The number of halogens is 2. The number of aromatic nitrogens is 2. The van der Waals surface area contributed by atoms with Crippen molar-refractivity contribution in [3.63, 3.8) is 0 Å². The Morgan fingerprint density at radius 2 is 2.13 bits per heavy atom. The molecule has 0 amide bonds. The van der Waals surface area contributed by atoms with E-state index in [9.17, 15) is 9.30 Å². The monoisotopic (exact) mass is 432 g/mol. The summed E-state index contributed by atoms with van der Waals surface area (Å²) in [7, 11) is 0. The molecule has 1 aromatic heterocycles. The minimum absolute atomic E-state index is 0.0735. The molecule has 0 atom stereocenters. The smallest absolute Gasteiger partial charge is 0.245 e. The molecular formula is C19H18ClFN6O3. The molecule has 156 valence electrons. The van der Waals surface area contributed by atoms with Crippen LogP contribution in [0.3, 0.4) is 0 Å². The predicted octanol–water partition coefficient (Wildman–Crippen LogP) is 4.10. The van der Waals surface area contributed by atoms with Crippen LogP contribution in [0.25, 0.3) is 5.76 Å².